The highest BCUT2D eigenvalue weighted by molar-refractivity contribution is 5.78. The fourth-order valence-corrected chi connectivity index (χ4v) is 5.70. The molecule has 0 unspecified atom stereocenters. The number of H-pyrrole nitrogens is 1. The maximum absolute atomic E-state index is 12.8. The third kappa shape index (κ3) is 4.34. The predicted molar refractivity (Wildman–Crippen MR) is 132 cm³/mol. The summed E-state index contributed by atoms with van der Waals surface area (Å²) >= 11 is 0. The van der Waals surface area contributed by atoms with Gasteiger partial charge in [-0.3, -0.25) is 9.89 Å². The molecule has 1 aliphatic heterocycles. The van der Waals surface area contributed by atoms with Gasteiger partial charge in [-0.15, -0.1) is 15.3 Å². The standard InChI is InChI=1S/C26H27N9O2/c36-24(35-8-7-21-22(14-35)31-34-30-21)12-23-32-33-25(37-23)17-5-6-20-18(9-17)13-27-26(29-20)28-19-10-15-3-1-2-4-16(15)11-19/h1-4,13,17,19H,5-12,14H2,(H,27,28,29)(H,30,31,34)/t17-/m1/s1. The molecule has 1 atom stereocenters. The molecule has 2 aliphatic carbocycles. The molecule has 1 amide bonds. The van der Waals surface area contributed by atoms with Gasteiger partial charge in [0.1, 0.15) is 6.42 Å². The Balaban J connectivity index is 0.968. The fourth-order valence-electron chi connectivity index (χ4n) is 5.70. The molecular formula is C26H27N9O2. The van der Waals surface area contributed by atoms with Gasteiger partial charge in [-0.25, -0.2) is 9.97 Å². The first kappa shape index (κ1) is 22.1. The van der Waals surface area contributed by atoms with Crippen molar-refractivity contribution in [2.75, 3.05) is 11.9 Å². The summed E-state index contributed by atoms with van der Waals surface area (Å²) in [5, 5.41) is 22.7. The minimum absolute atomic E-state index is 0.0387. The van der Waals surface area contributed by atoms with Gasteiger partial charge in [-0.1, -0.05) is 29.5 Å². The zero-order chi connectivity index (χ0) is 24.8. The molecule has 0 bridgehead atoms. The lowest BCUT2D eigenvalue weighted by atomic mass is 9.87. The van der Waals surface area contributed by atoms with E-state index < -0.39 is 0 Å². The summed E-state index contributed by atoms with van der Waals surface area (Å²) in [6.45, 7) is 1.09. The highest BCUT2D eigenvalue weighted by atomic mass is 16.4. The average Bonchev–Trinajstić information content (AvgIpc) is 3.67. The number of rotatable bonds is 5. The number of hydrogen-bond acceptors (Lipinski definition) is 9. The van der Waals surface area contributed by atoms with E-state index in [1.54, 1.807) is 4.90 Å². The molecule has 188 valence electrons. The molecule has 2 N–H and O–H groups in total. The quantitative estimate of drug-likeness (QED) is 0.424. The van der Waals surface area contributed by atoms with Crippen molar-refractivity contribution in [3.05, 3.63) is 76.0 Å². The molecule has 3 aliphatic rings. The second-order valence-electron chi connectivity index (χ2n) is 10.1. The maximum Gasteiger partial charge on any atom is 0.232 e. The second-order valence-corrected chi connectivity index (χ2v) is 10.1. The maximum atomic E-state index is 12.8. The molecule has 1 aromatic carbocycles. The molecule has 0 fully saturated rings. The number of benzene rings is 1. The number of aromatic amines is 1. The highest BCUT2D eigenvalue weighted by Gasteiger charge is 2.29. The van der Waals surface area contributed by atoms with Crippen LogP contribution in [-0.2, 0) is 49.9 Å². The molecule has 11 heteroatoms. The van der Waals surface area contributed by atoms with E-state index in [4.69, 9.17) is 9.40 Å². The van der Waals surface area contributed by atoms with Crippen LogP contribution in [0.2, 0.25) is 0 Å². The first-order chi connectivity index (χ1) is 18.2. The first-order valence-electron chi connectivity index (χ1n) is 12.8. The SMILES string of the molecule is O=C(Cc1nnc([C@@H]2CCc3nc(NC4Cc5ccccc5C4)ncc3C2)o1)N1CCc2nn[nH]c2C1. The summed E-state index contributed by atoms with van der Waals surface area (Å²) in [5.41, 5.74) is 6.82. The summed E-state index contributed by atoms with van der Waals surface area (Å²) < 4.78 is 5.94. The number of nitrogens with one attached hydrogen (secondary N) is 2. The van der Waals surface area contributed by atoms with Gasteiger partial charge >= 0.3 is 0 Å². The van der Waals surface area contributed by atoms with Crippen molar-refractivity contribution in [1.82, 2.24) is 40.5 Å². The first-order valence-corrected chi connectivity index (χ1v) is 12.8. The molecule has 0 spiro atoms. The van der Waals surface area contributed by atoms with Crippen LogP contribution >= 0.6 is 0 Å². The summed E-state index contributed by atoms with van der Waals surface area (Å²) in [6, 6.07) is 8.92. The Kier molecular flexibility index (Phi) is 5.40. The van der Waals surface area contributed by atoms with E-state index in [1.165, 1.54) is 11.1 Å². The van der Waals surface area contributed by atoms with E-state index in [0.717, 1.165) is 54.7 Å². The van der Waals surface area contributed by atoms with Gasteiger partial charge < -0.3 is 14.6 Å². The van der Waals surface area contributed by atoms with Crippen LogP contribution in [0, 0.1) is 0 Å². The van der Waals surface area contributed by atoms with Crippen molar-refractivity contribution in [3.8, 4) is 0 Å². The van der Waals surface area contributed by atoms with Crippen molar-refractivity contribution in [1.29, 1.82) is 0 Å². The van der Waals surface area contributed by atoms with E-state index in [-0.39, 0.29) is 18.2 Å². The molecule has 11 nitrogen and oxygen atoms in total. The smallest absolute Gasteiger partial charge is 0.232 e. The van der Waals surface area contributed by atoms with Crippen LogP contribution in [-0.4, -0.2) is 59.0 Å². The molecule has 0 saturated carbocycles. The largest absolute Gasteiger partial charge is 0.424 e. The lowest BCUT2D eigenvalue weighted by molar-refractivity contribution is -0.131. The normalized spacial score (nSPS) is 18.8. The third-order valence-corrected chi connectivity index (χ3v) is 7.69. The molecule has 3 aromatic heterocycles. The molecule has 4 aromatic rings. The van der Waals surface area contributed by atoms with Crippen LogP contribution in [0.25, 0.3) is 0 Å². The number of nitrogens with zero attached hydrogens (tertiary/aromatic N) is 7. The molecule has 0 saturated heterocycles. The van der Waals surface area contributed by atoms with Crippen LogP contribution in [0.1, 0.15) is 57.9 Å². The van der Waals surface area contributed by atoms with E-state index in [0.29, 0.717) is 43.3 Å². The van der Waals surface area contributed by atoms with Crippen LogP contribution in [0.5, 0.6) is 0 Å². The number of fused-ring (bicyclic) bond motifs is 3. The Morgan fingerprint density at radius 1 is 1.05 bits per heavy atom. The topological polar surface area (TPSA) is 139 Å². The minimum Gasteiger partial charge on any atom is -0.424 e. The van der Waals surface area contributed by atoms with Crippen molar-refractivity contribution in [2.24, 2.45) is 0 Å². The molecule has 4 heterocycles. The number of amides is 1. The van der Waals surface area contributed by atoms with E-state index >= 15 is 0 Å². The van der Waals surface area contributed by atoms with Gasteiger partial charge in [0.05, 0.1) is 17.9 Å². The Morgan fingerprint density at radius 2 is 1.92 bits per heavy atom. The van der Waals surface area contributed by atoms with E-state index in [1.807, 2.05) is 6.20 Å². The Labute approximate surface area is 213 Å². The summed E-state index contributed by atoms with van der Waals surface area (Å²) in [5.74, 6) is 1.70. The zero-order valence-corrected chi connectivity index (χ0v) is 20.4. The lowest BCUT2D eigenvalue weighted by Crippen LogP contribution is -2.37. The summed E-state index contributed by atoms with van der Waals surface area (Å²) in [6.07, 6.45) is 7.16. The van der Waals surface area contributed by atoms with Crippen LogP contribution in [0.4, 0.5) is 5.95 Å². The van der Waals surface area contributed by atoms with Gasteiger partial charge in [-0.05, 0) is 48.8 Å². The lowest BCUT2D eigenvalue weighted by Gasteiger charge is -2.25. The summed E-state index contributed by atoms with van der Waals surface area (Å²) in [4.78, 5) is 24.0. The Hall–Kier alpha value is -4.15. The van der Waals surface area contributed by atoms with Crippen molar-refractivity contribution in [2.45, 2.75) is 63.5 Å². The van der Waals surface area contributed by atoms with Crippen LogP contribution in [0.3, 0.4) is 0 Å². The van der Waals surface area contributed by atoms with Crippen LogP contribution < -0.4 is 5.32 Å². The van der Waals surface area contributed by atoms with Gasteiger partial charge in [0.2, 0.25) is 23.6 Å². The number of aryl methyl sites for hydroxylation is 1. The Morgan fingerprint density at radius 3 is 2.78 bits per heavy atom. The minimum atomic E-state index is -0.0387. The van der Waals surface area contributed by atoms with Crippen molar-refractivity contribution >= 4 is 11.9 Å². The third-order valence-electron chi connectivity index (χ3n) is 7.69. The Bertz CT molecular complexity index is 1440. The molecular weight excluding hydrogens is 470 g/mol. The number of carbonyl (C=O) groups excluding carboxylic acids is 1. The highest BCUT2D eigenvalue weighted by Crippen LogP contribution is 2.32. The number of aromatic nitrogens is 7. The van der Waals surface area contributed by atoms with Gasteiger partial charge in [0.15, 0.2) is 0 Å². The van der Waals surface area contributed by atoms with Gasteiger partial charge in [-0.2, -0.15) is 0 Å². The van der Waals surface area contributed by atoms with E-state index in [2.05, 4.69) is 60.2 Å². The molecule has 0 radical (unpaired) electrons. The van der Waals surface area contributed by atoms with Gasteiger partial charge in [0, 0.05) is 36.8 Å². The van der Waals surface area contributed by atoms with Crippen molar-refractivity contribution in [3.63, 3.8) is 0 Å². The number of carbonyl (C=O) groups is 1. The van der Waals surface area contributed by atoms with E-state index in [9.17, 15) is 4.79 Å². The molecule has 7 rings (SSSR count). The number of hydrogen-bond donors (Lipinski definition) is 2. The van der Waals surface area contributed by atoms with Crippen molar-refractivity contribution < 1.29 is 9.21 Å². The summed E-state index contributed by atoms with van der Waals surface area (Å²) in [7, 11) is 0. The molecule has 37 heavy (non-hydrogen) atoms. The average molecular weight is 498 g/mol. The second kappa shape index (κ2) is 9.06. The number of anilines is 1. The predicted octanol–water partition coefficient (Wildman–Crippen LogP) is 1.96. The monoisotopic (exact) mass is 497 g/mol. The zero-order valence-electron chi connectivity index (χ0n) is 20.4. The van der Waals surface area contributed by atoms with Crippen LogP contribution in [0.15, 0.2) is 34.9 Å². The van der Waals surface area contributed by atoms with Gasteiger partial charge in [0.25, 0.3) is 0 Å². The fraction of sp³-hybridized carbons (Fsp3) is 0.423.